The van der Waals surface area contributed by atoms with Crippen molar-refractivity contribution < 1.29 is 9.21 Å². The maximum Gasteiger partial charge on any atom is 0.293 e. The number of aryl methyl sites for hydroxylation is 1. The van der Waals surface area contributed by atoms with Crippen molar-refractivity contribution in [2.45, 2.75) is 19.9 Å². The Morgan fingerprint density at radius 2 is 2.10 bits per heavy atom. The Labute approximate surface area is 181 Å². The number of benzene rings is 1. The fraction of sp³-hybridized carbons (Fsp3) is 0.136. The quantitative estimate of drug-likeness (QED) is 0.470. The Bertz CT molecular complexity index is 1260. The topological polar surface area (TPSA) is 77.1 Å². The molecule has 0 saturated carbocycles. The predicted molar refractivity (Wildman–Crippen MR) is 118 cm³/mol. The maximum absolute atomic E-state index is 12.5. The lowest BCUT2D eigenvalue weighted by molar-refractivity contribution is 0.0994. The number of nitrogens with one attached hydrogen (secondary N) is 1. The zero-order valence-electron chi connectivity index (χ0n) is 16.1. The van der Waals surface area contributed by atoms with Crippen LogP contribution in [0.25, 0.3) is 0 Å². The van der Waals surface area contributed by atoms with E-state index in [-0.39, 0.29) is 23.8 Å². The molecule has 0 fully saturated rings. The van der Waals surface area contributed by atoms with E-state index in [0.29, 0.717) is 17.3 Å². The van der Waals surface area contributed by atoms with Crippen LogP contribution in [0.1, 0.15) is 32.3 Å². The first-order valence-electron chi connectivity index (χ1n) is 9.23. The molecule has 0 aliphatic carbocycles. The summed E-state index contributed by atoms with van der Waals surface area (Å²) in [5.41, 5.74) is 1.98. The number of nitrogens with zero attached hydrogens (tertiary/aromatic N) is 2. The number of furan rings is 1. The van der Waals surface area contributed by atoms with Gasteiger partial charge in [-0.2, -0.15) is 0 Å². The first kappa shape index (κ1) is 20.1. The van der Waals surface area contributed by atoms with Crippen LogP contribution in [0, 0.1) is 6.92 Å². The van der Waals surface area contributed by atoms with Gasteiger partial charge in [0, 0.05) is 34.8 Å². The normalized spacial score (nSPS) is 10.9. The van der Waals surface area contributed by atoms with Crippen LogP contribution in [-0.2, 0) is 13.0 Å². The van der Waals surface area contributed by atoms with Gasteiger partial charge in [-0.15, -0.1) is 11.3 Å². The number of carbonyl (C=O) groups excluding carboxylic acids is 1. The molecule has 0 atom stereocenters. The average Bonchev–Trinajstić information content (AvgIpc) is 3.36. The standard InChI is InChI=1S/C22H18ClN3O3S/c1-14-5-6-15(11-18(14)23)10-17-12-24-22(30-17)25-21(28)19-8-7-16(29-19)13-26-9-3-2-4-20(26)27/h2-9,11-12H,10,13H2,1H3,(H,24,25,28). The van der Waals surface area contributed by atoms with Crippen molar-refractivity contribution in [3.63, 3.8) is 0 Å². The molecule has 3 aromatic heterocycles. The molecule has 6 nitrogen and oxygen atoms in total. The maximum atomic E-state index is 12.5. The molecule has 152 valence electrons. The summed E-state index contributed by atoms with van der Waals surface area (Å²) in [6, 6.07) is 14.1. The molecule has 1 N–H and O–H groups in total. The number of amides is 1. The summed E-state index contributed by atoms with van der Waals surface area (Å²) in [6.07, 6.45) is 4.09. The van der Waals surface area contributed by atoms with Crippen molar-refractivity contribution in [2.24, 2.45) is 0 Å². The summed E-state index contributed by atoms with van der Waals surface area (Å²) >= 11 is 7.58. The summed E-state index contributed by atoms with van der Waals surface area (Å²) < 4.78 is 7.10. The predicted octanol–water partition coefficient (Wildman–Crippen LogP) is 4.75. The highest BCUT2D eigenvalue weighted by atomic mass is 35.5. The molecule has 30 heavy (non-hydrogen) atoms. The molecule has 4 rings (SSSR count). The van der Waals surface area contributed by atoms with Crippen molar-refractivity contribution in [1.29, 1.82) is 0 Å². The summed E-state index contributed by atoms with van der Waals surface area (Å²) in [6.45, 7) is 2.22. The van der Waals surface area contributed by atoms with Crippen LogP contribution in [0.3, 0.4) is 0 Å². The van der Waals surface area contributed by atoms with Crippen LogP contribution in [0.4, 0.5) is 5.13 Å². The third-order valence-corrected chi connectivity index (χ3v) is 5.82. The summed E-state index contributed by atoms with van der Waals surface area (Å²) in [7, 11) is 0. The number of rotatable bonds is 6. The van der Waals surface area contributed by atoms with E-state index in [1.54, 1.807) is 36.7 Å². The zero-order valence-corrected chi connectivity index (χ0v) is 17.7. The van der Waals surface area contributed by atoms with Gasteiger partial charge in [0.05, 0.1) is 6.54 Å². The Kier molecular flexibility index (Phi) is 5.83. The SMILES string of the molecule is Cc1ccc(Cc2cnc(NC(=O)c3ccc(Cn4ccccc4=O)o3)s2)cc1Cl. The van der Waals surface area contributed by atoms with Gasteiger partial charge in [-0.3, -0.25) is 14.9 Å². The van der Waals surface area contributed by atoms with Gasteiger partial charge >= 0.3 is 0 Å². The van der Waals surface area contributed by atoms with Gasteiger partial charge in [-0.1, -0.05) is 29.8 Å². The smallest absolute Gasteiger partial charge is 0.293 e. The van der Waals surface area contributed by atoms with Gasteiger partial charge in [0.25, 0.3) is 11.5 Å². The third-order valence-electron chi connectivity index (χ3n) is 4.50. The highest BCUT2D eigenvalue weighted by Gasteiger charge is 2.14. The van der Waals surface area contributed by atoms with Crippen molar-refractivity contribution in [3.05, 3.63) is 104 Å². The first-order chi connectivity index (χ1) is 14.5. The van der Waals surface area contributed by atoms with E-state index in [1.807, 2.05) is 25.1 Å². The van der Waals surface area contributed by atoms with Crippen molar-refractivity contribution in [1.82, 2.24) is 9.55 Å². The Balaban J connectivity index is 1.40. The van der Waals surface area contributed by atoms with Crippen molar-refractivity contribution in [2.75, 3.05) is 5.32 Å². The summed E-state index contributed by atoms with van der Waals surface area (Å²) in [5, 5.41) is 3.98. The molecule has 0 spiro atoms. The molecule has 1 amide bonds. The molecular weight excluding hydrogens is 422 g/mol. The van der Waals surface area contributed by atoms with Gasteiger partial charge in [0.15, 0.2) is 10.9 Å². The first-order valence-corrected chi connectivity index (χ1v) is 10.4. The molecule has 0 bridgehead atoms. The van der Waals surface area contributed by atoms with Crippen LogP contribution in [0.2, 0.25) is 5.02 Å². The highest BCUT2D eigenvalue weighted by molar-refractivity contribution is 7.15. The number of aromatic nitrogens is 2. The van der Waals surface area contributed by atoms with Gasteiger partial charge in [-0.25, -0.2) is 4.98 Å². The summed E-state index contributed by atoms with van der Waals surface area (Å²) in [4.78, 5) is 29.6. The molecule has 1 aromatic carbocycles. The minimum atomic E-state index is -0.388. The number of pyridine rings is 1. The van der Waals surface area contributed by atoms with Crippen LogP contribution < -0.4 is 10.9 Å². The Hall–Kier alpha value is -3.16. The number of halogens is 1. The lowest BCUT2D eigenvalue weighted by Gasteiger charge is -2.02. The van der Waals surface area contributed by atoms with Gasteiger partial charge in [0.2, 0.25) is 0 Å². The molecular formula is C22H18ClN3O3S. The number of hydrogen-bond donors (Lipinski definition) is 1. The largest absolute Gasteiger partial charge is 0.454 e. The fourth-order valence-corrected chi connectivity index (χ4v) is 3.94. The van der Waals surface area contributed by atoms with Gasteiger partial charge in [0.1, 0.15) is 5.76 Å². The molecule has 0 radical (unpaired) electrons. The molecule has 8 heteroatoms. The highest BCUT2D eigenvalue weighted by Crippen LogP contribution is 2.24. The Morgan fingerprint density at radius 1 is 1.23 bits per heavy atom. The zero-order chi connectivity index (χ0) is 21.1. The van der Waals surface area contributed by atoms with E-state index in [0.717, 1.165) is 21.0 Å². The van der Waals surface area contributed by atoms with Crippen molar-refractivity contribution in [3.8, 4) is 0 Å². The van der Waals surface area contributed by atoms with E-state index >= 15 is 0 Å². The number of carbonyl (C=O) groups is 1. The van der Waals surface area contributed by atoms with E-state index in [2.05, 4.69) is 10.3 Å². The van der Waals surface area contributed by atoms with Crippen LogP contribution in [0.15, 0.2) is 70.1 Å². The number of thiazole rings is 1. The monoisotopic (exact) mass is 439 g/mol. The third kappa shape index (κ3) is 4.69. The molecule has 0 saturated heterocycles. The second-order valence-corrected chi connectivity index (χ2v) is 8.30. The molecule has 3 heterocycles. The lowest BCUT2D eigenvalue weighted by Crippen LogP contribution is -2.18. The van der Waals surface area contributed by atoms with E-state index in [9.17, 15) is 9.59 Å². The fourth-order valence-electron chi connectivity index (χ4n) is 2.90. The average molecular weight is 440 g/mol. The number of anilines is 1. The molecule has 0 aliphatic heterocycles. The lowest BCUT2D eigenvalue weighted by atomic mass is 10.1. The van der Waals surface area contributed by atoms with E-state index in [4.69, 9.17) is 16.0 Å². The second-order valence-electron chi connectivity index (χ2n) is 6.78. The van der Waals surface area contributed by atoms with Crippen LogP contribution >= 0.6 is 22.9 Å². The number of hydrogen-bond acceptors (Lipinski definition) is 5. The van der Waals surface area contributed by atoms with Crippen molar-refractivity contribution >= 4 is 34.0 Å². The minimum absolute atomic E-state index is 0.134. The summed E-state index contributed by atoms with van der Waals surface area (Å²) in [5.74, 6) is 0.293. The van der Waals surface area contributed by atoms with Crippen LogP contribution in [-0.4, -0.2) is 15.5 Å². The second kappa shape index (κ2) is 8.69. The molecule has 0 unspecified atom stereocenters. The van der Waals surface area contributed by atoms with E-state index in [1.165, 1.54) is 22.0 Å². The van der Waals surface area contributed by atoms with Crippen LogP contribution in [0.5, 0.6) is 0 Å². The van der Waals surface area contributed by atoms with Gasteiger partial charge in [-0.05, 0) is 42.3 Å². The molecule has 4 aromatic rings. The van der Waals surface area contributed by atoms with E-state index < -0.39 is 0 Å². The van der Waals surface area contributed by atoms with Gasteiger partial charge < -0.3 is 8.98 Å². The molecule has 0 aliphatic rings. The Morgan fingerprint density at radius 3 is 2.90 bits per heavy atom. The minimum Gasteiger partial charge on any atom is -0.454 e.